The Labute approximate surface area is 361 Å². The molecule has 320 valence electrons. The Kier molecular flexibility index (Phi) is 14.4. The summed E-state index contributed by atoms with van der Waals surface area (Å²) in [5.41, 5.74) is -0.608. The summed E-state index contributed by atoms with van der Waals surface area (Å²) in [4.78, 5) is 78.7. The molecule has 0 aliphatic carbocycles. The summed E-state index contributed by atoms with van der Waals surface area (Å²) in [6.45, 7) is 13.0. The minimum Gasteiger partial charge on any atom is -0.497 e. The first kappa shape index (κ1) is 45.7. The van der Waals surface area contributed by atoms with Gasteiger partial charge in [0.25, 0.3) is 11.8 Å². The van der Waals surface area contributed by atoms with Gasteiger partial charge in [0.15, 0.2) is 10.8 Å². The molecule has 2 N–H and O–H groups in total. The number of rotatable bonds is 14. The number of hydrogen-bond donors (Lipinski definition) is 2. The quantitative estimate of drug-likeness (QED) is 0.0416. The van der Waals surface area contributed by atoms with Crippen molar-refractivity contribution in [2.24, 2.45) is 5.16 Å². The third-order valence-electron chi connectivity index (χ3n) is 8.44. The van der Waals surface area contributed by atoms with Gasteiger partial charge in [-0.15, -0.1) is 34.7 Å². The van der Waals surface area contributed by atoms with Crippen molar-refractivity contribution < 1.29 is 47.8 Å². The molecule has 0 unspecified atom stereocenters. The molecule has 2 aromatic carbocycles. The second-order valence-electron chi connectivity index (χ2n) is 16.1. The molecule has 60 heavy (non-hydrogen) atoms. The van der Waals surface area contributed by atoms with E-state index in [1.165, 1.54) is 35.9 Å². The van der Waals surface area contributed by atoms with Crippen LogP contribution in [0, 0.1) is 0 Å². The number of carbonyl (C=O) groups is 5. The SMILES string of the molecule is COc1ccc(COC(=O)C2=C(/C=C/c3ccc(CCl)cc3)CS[C@@H]3[C@H](NC(=O)/C(=N\OC(C)(C)C(=O)OC(C)(C)C)c4csc(NC(=O)OC(C)(C)C)n4)C(=O)N23)cc1. The van der Waals surface area contributed by atoms with E-state index in [0.29, 0.717) is 28.5 Å². The smallest absolute Gasteiger partial charge is 0.413 e. The normalized spacial score (nSPS) is 17.1. The minimum absolute atomic E-state index is 0.0299. The highest BCUT2D eigenvalue weighted by molar-refractivity contribution is 8.00. The van der Waals surface area contributed by atoms with E-state index in [-0.39, 0.29) is 23.1 Å². The van der Waals surface area contributed by atoms with Crippen LogP contribution in [-0.4, -0.2) is 86.5 Å². The number of thioether (sulfide) groups is 1. The summed E-state index contributed by atoms with van der Waals surface area (Å²) in [7, 11) is 1.55. The van der Waals surface area contributed by atoms with E-state index in [0.717, 1.165) is 22.5 Å². The number of oxime groups is 1. The predicted octanol–water partition coefficient (Wildman–Crippen LogP) is 7.19. The van der Waals surface area contributed by atoms with Gasteiger partial charge < -0.3 is 29.1 Å². The number of esters is 2. The number of anilines is 1. The van der Waals surface area contributed by atoms with E-state index in [9.17, 15) is 24.0 Å². The van der Waals surface area contributed by atoms with Gasteiger partial charge in [0.1, 0.15) is 46.4 Å². The van der Waals surface area contributed by atoms with E-state index < -0.39 is 63.8 Å². The van der Waals surface area contributed by atoms with Crippen molar-refractivity contribution in [3.8, 4) is 5.75 Å². The van der Waals surface area contributed by atoms with Gasteiger partial charge in [-0.25, -0.2) is 19.4 Å². The maximum absolute atomic E-state index is 14.1. The highest BCUT2D eigenvalue weighted by Gasteiger charge is 2.54. The van der Waals surface area contributed by atoms with Gasteiger partial charge >= 0.3 is 18.0 Å². The number of aromatic nitrogens is 1. The number of thiazole rings is 1. The van der Waals surface area contributed by atoms with Gasteiger partial charge in [0, 0.05) is 17.0 Å². The first-order valence-electron chi connectivity index (χ1n) is 18.8. The number of methoxy groups -OCH3 is 1. The van der Waals surface area contributed by atoms with Crippen LogP contribution in [0.4, 0.5) is 9.93 Å². The Morgan fingerprint density at radius 2 is 1.58 bits per heavy atom. The lowest BCUT2D eigenvalue weighted by Gasteiger charge is -2.49. The fraction of sp³-hybridized carbons (Fsp3) is 0.405. The van der Waals surface area contributed by atoms with Crippen LogP contribution < -0.4 is 15.4 Å². The Morgan fingerprint density at radius 3 is 2.20 bits per heavy atom. The largest absolute Gasteiger partial charge is 0.497 e. The Morgan fingerprint density at radius 1 is 0.933 bits per heavy atom. The number of alkyl halides is 1. The van der Waals surface area contributed by atoms with Gasteiger partial charge in [0.2, 0.25) is 5.60 Å². The molecule has 3 aromatic rings. The molecule has 2 aliphatic heterocycles. The number of nitrogens with zero attached hydrogens (tertiary/aromatic N) is 3. The molecular formula is C42H48ClN5O10S2. The molecule has 0 bridgehead atoms. The van der Waals surface area contributed by atoms with E-state index in [2.05, 4.69) is 20.8 Å². The summed E-state index contributed by atoms with van der Waals surface area (Å²) >= 11 is 8.28. The van der Waals surface area contributed by atoms with Crippen LogP contribution in [0.3, 0.4) is 0 Å². The molecule has 18 heteroatoms. The predicted molar refractivity (Wildman–Crippen MR) is 229 cm³/mol. The fourth-order valence-corrected chi connectivity index (χ4v) is 7.63. The van der Waals surface area contributed by atoms with Crippen LogP contribution in [0.15, 0.2) is 76.4 Å². The zero-order valence-corrected chi connectivity index (χ0v) is 37.1. The Hall–Kier alpha value is -5.39. The number of carbonyl (C=O) groups excluding carboxylic acids is 5. The van der Waals surface area contributed by atoms with Gasteiger partial charge in [-0.2, -0.15) is 0 Å². The van der Waals surface area contributed by atoms with E-state index in [1.54, 1.807) is 79.0 Å². The zero-order chi connectivity index (χ0) is 44.0. The number of ether oxygens (including phenoxy) is 4. The van der Waals surface area contributed by atoms with Crippen LogP contribution in [0.5, 0.6) is 5.75 Å². The van der Waals surface area contributed by atoms with Crippen molar-refractivity contribution in [3.05, 3.63) is 93.6 Å². The summed E-state index contributed by atoms with van der Waals surface area (Å²) < 4.78 is 21.8. The molecule has 1 saturated heterocycles. The summed E-state index contributed by atoms with van der Waals surface area (Å²) in [5, 5.41) is 10.1. The monoisotopic (exact) mass is 881 g/mol. The highest BCUT2D eigenvalue weighted by atomic mass is 35.5. The molecule has 0 saturated carbocycles. The number of allylic oxidation sites excluding steroid dienone is 1. The molecule has 3 heterocycles. The first-order valence-corrected chi connectivity index (χ1v) is 21.2. The number of fused-ring (bicyclic) bond motifs is 1. The maximum atomic E-state index is 14.1. The topological polar surface area (TPSA) is 184 Å². The van der Waals surface area contributed by atoms with Gasteiger partial charge in [-0.05, 0) is 89.8 Å². The van der Waals surface area contributed by atoms with Crippen molar-refractivity contribution in [3.63, 3.8) is 0 Å². The number of amides is 3. The van der Waals surface area contributed by atoms with E-state index >= 15 is 0 Å². The van der Waals surface area contributed by atoms with Crippen molar-refractivity contribution >= 4 is 81.5 Å². The lowest BCUT2D eigenvalue weighted by atomic mass is 10.0. The molecule has 3 amide bonds. The van der Waals surface area contributed by atoms with Gasteiger partial charge in [0.05, 0.1) is 7.11 Å². The summed E-state index contributed by atoms with van der Waals surface area (Å²) in [5.74, 6) is -1.61. The van der Waals surface area contributed by atoms with Crippen LogP contribution in [0.1, 0.15) is 77.8 Å². The zero-order valence-electron chi connectivity index (χ0n) is 34.7. The highest BCUT2D eigenvalue weighted by Crippen LogP contribution is 2.41. The Bertz CT molecular complexity index is 2190. The van der Waals surface area contributed by atoms with Gasteiger partial charge in [-0.1, -0.05) is 53.7 Å². The molecular weight excluding hydrogens is 834 g/mol. The van der Waals surface area contributed by atoms with Crippen molar-refractivity contribution in [1.29, 1.82) is 0 Å². The third-order valence-corrected chi connectivity index (χ3v) is 10.8. The lowest BCUT2D eigenvalue weighted by Crippen LogP contribution is -2.71. The number of β-lactam (4-membered cyclic amide) rings is 1. The summed E-state index contributed by atoms with van der Waals surface area (Å²) in [6.07, 6.45) is 2.82. The van der Waals surface area contributed by atoms with Gasteiger partial charge in [-0.3, -0.25) is 19.8 Å². The van der Waals surface area contributed by atoms with Crippen LogP contribution >= 0.6 is 34.7 Å². The molecule has 1 aromatic heterocycles. The molecule has 1 fully saturated rings. The summed E-state index contributed by atoms with van der Waals surface area (Å²) in [6, 6.07) is 13.5. The average Bonchev–Trinajstić information content (AvgIpc) is 3.64. The maximum Gasteiger partial charge on any atom is 0.413 e. The molecule has 2 aliphatic rings. The number of benzene rings is 2. The Balaban J connectivity index is 1.41. The van der Waals surface area contributed by atoms with Crippen LogP contribution in [0.2, 0.25) is 0 Å². The number of halogens is 1. The fourth-order valence-electron chi connectivity index (χ4n) is 5.46. The van der Waals surface area contributed by atoms with E-state index in [4.69, 9.17) is 35.4 Å². The second-order valence-corrected chi connectivity index (χ2v) is 18.3. The minimum atomic E-state index is -1.66. The molecule has 0 radical (unpaired) electrons. The van der Waals surface area contributed by atoms with Crippen molar-refractivity contribution in [2.75, 3.05) is 18.2 Å². The number of nitrogens with one attached hydrogen (secondary N) is 2. The average molecular weight is 882 g/mol. The molecule has 15 nitrogen and oxygen atoms in total. The third kappa shape index (κ3) is 11.9. The van der Waals surface area contributed by atoms with Crippen molar-refractivity contribution in [1.82, 2.24) is 15.2 Å². The standard InChI is InChI=1S/C42H48ClN5O10S2/c1-40(2,3)56-37(52)42(7,8)58-47-30(29-23-60-38(44-29)46-39(53)57-41(4,5)6)33(49)45-31-34(50)48-32(36(51)55-21-26-15-18-28(54-9)19-16-26)27(22-59-35(31)48)17-14-24-10-12-25(20-43)13-11-24/h10-19,23,31,35H,20-22H2,1-9H3,(H,45,49)(H,44,46,53)/b17-14+,47-30-/t31-,35-/m1/s1. The van der Waals surface area contributed by atoms with Crippen molar-refractivity contribution in [2.45, 2.75) is 96.1 Å². The van der Waals surface area contributed by atoms with E-state index in [1.807, 2.05) is 30.3 Å². The molecule has 2 atom stereocenters. The van der Waals surface area contributed by atoms with Crippen LogP contribution in [0.25, 0.3) is 6.08 Å². The molecule has 0 spiro atoms. The lowest BCUT2D eigenvalue weighted by molar-refractivity contribution is -0.179. The first-order chi connectivity index (χ1) is 28.2. The van der Waals surface area contributed by atoms with Crippen LogP contribution in [-0.2, 0) is 50.7 Å². The molecule has 5 rings (SSSR count). The second kappa shape index (κ2) is 18.9. The number of hydrogen-bond acceptors (Lipinski definition) is 14.